The molecule has 0 spiro atoms. The maximum Gasteiger partial charge on any atom is 0.187 e. The van der Waals surface area contributed by atoms with Gasteiger partial charge in [0.2, 0.25) is 0 Å². The van der Waals surface area contributed by atoms with Crippen LogP contribution in [0, 0.1) is 11.3 Å². The summed E-state index contributed by atoms with van der Waals surface area (Å²) in [4.78, 5) is 11.9. The second kappa shape index (κ2) is 11.0. The zero-order valence-corrected chi connectivity index (χ0v) is 20.5. The average molecular weight is 503 g/mol. The van der Waals surface area contributed by atoms with Crippen LogP contribution in [0.3, 0.4) is 0 Å². The summed E-state index contributed by atoms with van der Waals surface area (Å²) in [6, 6.07) is 0. The number of hydrogen-bond acceptors (Lipinski definition) is 11. The quantitative estimate of drug-likeness (QED) is 0.219. The second-order valence-corrected chi connectivity index (χ2v) is 10.5. The lowest BCUT2D eigenvalue weighted by Crippen LogP contribution is -2.60. The minimum atomic E-state index is -1.87. The molecule has 0 aromatic heterocycles. The third kappa shape index (κ3) is 6.19. The first-order chi connectivity index (χ1) is 16.3. The van der Waals surface area contributed by atoms with Crippen LogP contribution in [0.25, 0.3) is 0 Å². The van der Waals surface area contributed by atoms with Crippen LogP contribution in [0.4, 0.5) is 0 Å². The summed E-state index contributed by atoms with van der Waals surface area (Å²) in [5, 5.41) is 60.4. The molecular formula is C24H38O11. The van der Waals surface area contributed by atoms with Gasteiger partial charge in [0.1, 0.15) is 36.1 Å². The van der Waals surface area contributed by atoms with Crippen molar-refractivity contribution in [1.29, 1.82) is 0 Å². The van der Waals surface area contributed by atoms with Crippen LogP contribution in [-0.2, 0) is 23.7 Å². The molecule has 0 aromatic rings. The average Bonchev–Trinajstić information content (AvgIpc) is 3.06. The summed E-state index contributed by atoms with van der Waals surface area (Å²) in [5.41, 5.74) is -1.18. The van der Waals surface area contributed by atoms with Crippen molar-refractivity contribution in [1.82, 2.24) is 0 Å². The zero-order valence-electron chi connectivity index (χ0n) is 20.5. The number of aliphatic hydroxyl groups is 6. The normalized spacial score (nSPS) is 42.9. The van der Waals surface area contributed by atoms with Gasteiger partial charge in [0.25, 0.3) is 0 Å². The summed E-state index contributed by atoms with van der Waals surface area (Å²) in [6.07, 6.45) is -4.60. The molecule has 0 radical (unpaired) electrons. The van der Waals surface area contributed by atoms with Crippen molar-refractivity contribution >= 4 is 5.78 Å². The first kappa shape index (κ1) is 28.3. The van der Waals surface area contributed by atoms with Gasteiger partial charge in [-0.05, 0) is 25.3 Å². The largest absolute Gasteiger partial charge is 0.393 e. The summed E-state index contributed by atoms with van der Waals surface area (Å²) >= 11 is 0. The molecule has 1 aliphatic carbocycles. The highest BCUT2D eigenvalue weighted by Gasteiger charge is 2.50. The number of allylic oxidation sites excluding steroid dienone is 3. The third-order valence-electron chi connectivity index (χ3n) is 6.95. The number of aliphatic hydroxyl groups excluding tert-OH is 5. The fourth-order valence-corrected chi connectivity index (χ4v) is 4.80. The highest BCUT2D eigenvalue weighted by Crippen LogP contribution is 2.40. The van der Waals surface area contributed by atoms with Gasteiger partial charge in [-0.15, -0.1) is 0 Å². The smallest absolute Gasteiger partial charge is 0.187 e. The van der Waals surface area contributed by atoms with E-state index >= 15 is 0 Å². The van der Waals surface area contributed by atoms with Crippen LogP contribution < -0.4 is 0 Å². The van der Waals surface area contributed by atoms with Crippen molar-refractivity contribution < 1.29 is 54.4 Å². The lowest BCUT2D eigenvalue weighted by atomic mass is 9.68. The van der Waals surface area contributed by atoms with Gasteiger partial charge in [0.05, 0.1) is 25.9 Å². The third-order valence-corrected chi connectivity index (χ3v) is 6.95. The first-order valence-electron chi connectivity index (χ1n) is 11.8. The van der Waals surface area contributed by atoms with Crippen molar-refractivity contribution in [3.63, 3.8) is 0 Å². The predicted octanol–water partition coefficient (Wildman–Crippen LogP) is -1.23. The van der Waals surface area contributed by atoms with Gasteiger partial charge in [-0.2, -0.15) is 0 Å². The van der Waals surface area contributed by atoms with E-state index in [1.54, 1.807) is 19.1 Å². The molecule has 0 aromatic carbocycles. The number of carbonyl (C=O) groups is 1. The summed E-state index contributed by atoms with van der Waals surface area (Å²) in [7, 11) is 0. The van der Waals surface area contributed by atoms with Crippen LogP contribution >= 0.6 is 0 Å². The Balaban J connectivity index is 1.60. The second-order valence-electron chi connectivity index (χ2n) is 10.5. The van der Waals surface area contributed by atoms with Crippen molar-refractivity contribution in [3.05, 3.63) is 23.8 Å². The van der Waals surface area contributed by atoms with Gasteiger partial charge in [-0.25, -0.2) is 0 Å². The molecule has 10 atom stereocenters. The van der Waals surface area contributed by atoms with Gasteiger partial charge in [-0.3, -0.25) is 4.79 Å². The monoisotopic (exact) mass is 502 g/mol. The van der Waals surface area contributed by atoms with E-state index in [0.29, 0.717) is 6.42 Å². The van der Waals surface area contributed by atoms with Gasteiger partial charge >= 0.3 is 0 Å². The standard InChI is InChI=1S/C24H38O11/c1-12-7-14(26)8-23(3,4)15(12)6-5-13(2)34-21-19(29)18(28)17(27)16(35-21)9-32-22-20(30)24(31,10-25)11-33-22/h5-7,13,15-22,25,27-31H,8-11H2,1-4H3/b6-5+/t13?,15-,16-,17-,18+,19-,20-,21+,22+,24+/m0/s1. The van der Waals surface area contributed by atoms with Crippen LogP contribution in [-0.4, -0.2) is 111 Å². The van der Waals surface area contributed by atoms with E-state index in [1.807, 2.05) is 26.8 Å². The molecule has 6 N–H and O–H groups in total. The molecule has 3 aliphatic rings. The van der Waals surface area contributed by atoms with E-state index in [0.717, 1.165) is 5.57 Å². The number of carbonyl (C=O) groups excluding carboxylic acids is 1. The highest BCUT2D eigenvalue weighted by atomic mass is 16.7. The van der Waals surface area contributed by atoms with Crippen molar-refractivity contribution in [2.45, 2.75) is 88.9 Å². The van der Waals surface area contributed by atoms with Crippen LogP contribution in [0.2, 0.25) is 0 Å². The van der Waals surface area contributed by atoms with E-state index < -0.39 is 61.4 Å². The summed E-state index contributed by atoms with van der Waals surface area (Å²) in [6.45, 7) is 6.24. The van der Waals surface area contributed by atoms with E-state index in [9.17, 15) is 35.4 Å². The molecule has 2 aliphatic heterocycles. The van der Waals surface area contributed by atoms with E-state index in [1.165, 1.54) is 0 Å². The Labute approximate surface area is 204 Å². The lowest BCUT2D eigenvalue weighted by Gasteiger charge is -2.41. The van der Waals surface area contributed by atoms with Crippen LogP contribution in [0.15, 0.2) is 23.8 Å². The number of hydrogen-bond donors (Lipinski definition) is 6. The van der Waals surface area contributed by atoms with Gasteiger partial charge in [0, 0.05) is 12.3 Å². The van der Waals surface area contributed by atoms with E-state index in [2.05, 4.69) is 0 Å². The molecule has 2 saturated heterocycles. The lowest BCUT2D eigenvalue weighted by molar-refractivity contribution is -0.314. The molecule has 2 fully saturated rings. The minimum absolute atomic E-state index is 0.0208. The molecule has 0 amide bonds. The Morgan fingerprint density at radius 2 is 1.86 bits per heavy atom. The predicted molar refractivity (Wildman–Crippen MR) is 121 cm³/mol. The topological polar surface area (TPSA) is 175 Å². The van der Waals surface area contributed by atoms with Gasteiger partial charge in [0.15, 0.2) is 18.4 Å². The summed E-state index contributed by atoms with van der Waals surface area (Å²) in [5.74, 6) is 0.116. The maximum atomic E-state index is 11.9. The molecule has 0 bridgehead atoms. The van der Waals surface area contributed by atoms with Crippen molar-refractivity contribution in [2.24, 2.45) is 11.3 Å². The fourth-order valence-electron chi connectivity index (χ4n) is 4.80. The van der Waals surface area contributed by atoms with Gasteiger partial charge in [-0.1, -0.05) is 31.6 Å². The SMILES string of the molecule is CC1=CC(=O)CC(C)(C)[C@H]1/C=C/C(C)O[C@@H]1O[C@@H](CO[C@@H]2OC[C@](O)(CO)[C@H]2O)[C@H](O)[C@@H](O)[C@@H]1O. The maximum absolute atomic E-state index is 11.9. The molecule has 3 rings (SSSR count). The molecule has 11 heteroatoms. The molecule has 2 heterocycles. The highest BCUT2D eigenvalue weighted by molar-refractivity contribution is 5.92. The molecule has 0 saturated carbocycles. The number of ketones is 1. The van der Waals surface area contributed by atoms with E-state index in [4.69, 9.17) is 18.9 Å². The Kier molecular flexibility index (Phi) is 8.91. The van der Waals surface area contributed by atoms with Crippen molar-refractivity contribution in [3.8, 4) is 0 Å². The molecule has 11 nitrogen and oxygen atoms in total. The Morgan fingerprint density at radius 3 is 2.46 bits per heavy atom. The summed E-state index contributed by atoms with van der Waals surface area (Å²) < 4.78 is 22.0. The van der Waals surface area contributed by atoms with Crippen LogP contribution in [0.1, 0.15) is 34.1 Å². The Morgan fingerprint density at radius 1 is 1.17 bits per heavy atom. The van der Waals surface area contributed by atoms with Crippen molar-refractivity contribution in [2.75, 3.05) is 19.8 Å². The van der Waals surface area contributed by atoms with E-state index in [-0.39, 0.29) is 30.3 Å². The Bertz CT molecular complexity index is 811. The van der Waals surface area contributed by atoms with Gasteiger partial charge < -0.3 is 49.6 Å². The first-order valence-corrected chi connectivity index (χ1v) is 11.8. The molecule has 1 unspecified atom stereocenters. The Hall–Kier alpha value is -1.25. The zero-order chi connectivity index (χ0) is 26.1. The molecular weight excluding hydrogens is 464 g/mol. The molecule has 200 valence electrons. The minimum Gasteiger partial charge on any atom is -0.393 e. The number of rotatable bonds is 8. The van der Waals surface area contributed by atoms with Crippen LogP contribution in [0.5, 0.6) is 0 Å². The molecule has 35 heavy (non-hydrogen) atoms. The number of ether oxygens (including phenoxy) is 4. The fraction of sp³-hybridized carbons (Fsp3) is 0.792.